The molecule has 0 aliphatic heterocycles. The summed E-state index contributed by atoms with van der Waals surface area (Å²) in [7, 11) is -1.99. The van der Waals surface area contributed by atoms with Crippen LogP contribution in [-0.2, 0) is 4.79 Å². The van der Waals surface area contributed by atoms with Crippen LogP contribution in [0.2, 0.25) is 16.6 Å². The molecule has 0 saturated carbocycles. The lowest BCUT2D eigenvalue weighted by atomic mass is 10.0. The van der Waals surface area contributed by atoms with Crippen molar-refractivity contribution < 1.29 is 20.1 Å². The second-order valence-corrected chi connectivity index (χ2v) is 12.3. The molecule has 0 aliphatic rings. The molecule has 4 nitrogen and oxygen atoms in total. The number of rotatable bonds is 7. The molecule has 122 valence electrons. The molecule has 0 radical (unpaired) electrons. The zero-order chi connectivity index (χ0) is 16.8. The molecule has 0 rings (SSSR count). The van der Waals surface area contributed by atoms with Crippen LogP contribution in [0.5, 0.6) is 0 Å². The van der Waals surface area contributed by atoms with E-state index in [9.17, 15) is 15.0 Å². The van der Waals surface area contributed by atoms with Crippen molar-refractivity contribution in [1.29, 1.82) is 0 Å². The molecule has 0 heterocycles. The molecule has 0 aromatic rings. The van der Waals surface area contributed by atoms with Crippen LogP contribution in [0.3, 0.4) is 0 Å². The van der Waals surface area contributed by atoms with Gasteiger partial charge in [0.25, 0.3) is 0 Å². The molecule has 0 unspecified atom stereocenters. The van der Waals surface area contributed by atoms with Crippen LogP contribution in [-0.4, -0.2) is 41.6 Å². The normalized spacial score (nSPS) is 15.0. The molecular weight excluding hydrogens is 284 g/mol. The lowest BCUT2D eigenvalue weighted by Gasteiger charge is -2.38. The molecule has 0 amide bonds. The van der Waals surface area contributed by atoms with E-state index < -0.39 is 26.3 Å². The maximum absolute atomic E-state index is 10.7. The monoisotopic (exact) mass is 314 g/mol. The first-order chi connectivity index (χ1) is 9.51. The zero-order valence-corrected chi connectivity index (χ0v) is 15.1. The average Bonchev–Trinajstić information content (AvgIpc) is 2.35. The van der Waals surface area contributed by atoms with E-state index in [1.807, 2.05) is 0 Å². The molecular formula is C16H30O4Si. The number of aliphatic hydroxyl groups is 2. The van der Waals surface area contributed by atoms with Crippen molar-refractivity contribution in [2.45, 2.75) is 76.6 Å². The minimum absolute atomic E-state index is 0.0510. The van der Waals surface area contributed by atoms with Crippen LogP contribution in [0, 0.1) is 11.5 Å². The summed E-state index contributed by atoms with van der Waals surface area (Å²) < 4.78 is 0. The van der Waals surface area contributed by atoms with Gasteiger partial charge in [-0.05, 0) is 16.6 Å². The number of carboxylic acids is 1. The third-order valence-electron chi connectivity index (χ3n) is 4.39. The molecule has 21 heavy (non-hydrogen) atoms. The van der Waals surface area contributed by atoms with Gasteiger partial charge in [0, 0.05) is 12.8 Å². The topological polar surface area (TPSA) is 77.8 Å². The second kappa shape index (κ2) is 7.97. The van der Waals surface area contributed by atoms with Gasteiger partial charge < -0.3 is 15.3 Å². The summed E-state index contributed by atoms with van der Waals surface area (Å²) in [5.74, 6) is 1.84. The van der Waals surface area contributed by atoms with Gasteiger partial charge in [0.05, 0.1) is 6.61 Å². The number of aliphatic hydroxyl groups excluding tert-OH is 1. The van der Waals surface area contributed by atoms with Crippen LogP contribution in [0.4, 0.5) is 0 Å². The van der Waals surface area contributed by atoms with Gasteiger partial charge in [-0.2, -0.15) is 0 Å². The van der Waals surface area contributed by atoms with E-state index in [1.54, 1.807) is 0 Å². The van der Waals surface area contributed by atoms with Gasteiger partial charge in [0.2, 0.25) is 0 Å². The van der Waals surface area contributed by atoms with Crippen LogP contribution in [0.1, 0.15) is 54.4 Å². The molecule has 0 aromatic heterocycles. The quantitative estimate of drug-likeness (QED) is 0.499. The molecule has 1 atom stereocenters. The van der Waals surface area contributed by atoms with Gasteiger partial charge in [-0.25, -0.2) is 0 Å². The predicted octanol–water partition coefficient (Wildman–Crippen LogP) is 2.80. The highest BCUT2D eigenvalue weighted by Crippen LogP contribution is 2.40. The molecule has 0 aliphatic carbocycles. The fourth-order valence-corrected chi connectivity index (χ4v) is 8.47. The van der Waals surface area contributed by atoms with Gasteiger partial charge in [-0.15, -0.1) is 5.54 Å². The Hall–Kier alpha value is -0.833. The van der Waals surface area contributed by atoms with Crippen molar-refractivity contribution in [1.82, 2.24) is 0 Å². The maximum Gasteiger partial charge on any atom is 0.303 e. The van der Waals surface area contributed by atoms with Gasteiger partial charge in [0.1, 0.15) is 13.7 Å². The SMILES string of the molecule is CC(C)[Si](C#C[C@@](O)(CO)CCC(=O)O)(C(C)C)C(C)C. The highest BCUT2D eigenvalue weighted by Gasteiger charge is 2.42. The number of aliphatic carboxylic acids is 1. The fourth-order valence-electron chi connectivity index (χ4n) is 3.15. The molecule has 0 saturated heterocycles. The summed E-state index contributed by atoms with van der Waals surface area (Å²) in [5, 5.41) is 28.4. The Bertz CT molecular complexity index is 384. The standard InChI is InChI=1S/C16H30O4Si/c1-12(2)21(13(3)4,14(5)6)10-9-16(20,11-17)8-7-15(18)19/h12-14,17,20H,7-8,11H2,1-6H3,(H,18,19)/t16-/m1/s1. The first-order valence-corrected chi connectivity index (χ1v) is 9.84. The fraction of sp³-hybridized carbons (Fsp3) is 0.812. The molecule has 0 spiro atoms. The highest BCUT2D eigenvalue weighted by molar-refractivity contribution is 6.90. The Labute approximate surface area is 129 Å². The predicted molar refractivity (Wildman–Crippen MR) is 87.7 cm³/mol. The lowest BCUT2D eigenvalue weighted by Crippen LogP contribution is -2.44. The maximum atomic E-state index is 10.7. The van der Waals surface area contributed by atoms with Crippen LogP contribution < -0.4 is 0 Å². The van der Waals surface area contributed by atoms with Crippen molar-refractivity contribution in [3.63, 3.8) is 0 Å². The van der Waals surface area contributed by atoms with Gasteiger partial charge in [0.15, 0.2) is 0 Å². The van der Waals surface area contributed by atoms with E-state index in [4.69, 9.17) is 5.11 Å². The highest BCUT2D eigenvalue weighted by atomic mass is 28.3. The summed E-state index contributed by atoms with van der Waals surface area (Å²) in [6.45, 7) is 12.4. The summed E-state index contributed by atoms with van der Waals surface area (Å²) in [4.78, 5) is 10.7. The number of hydrogen-bond acceptors (Lipinski definition) is 3. The number of carboxylic acid groups (broad SMARTS) is 1. The Morgan fingerprint density at radius 1 is 1.10 bits per heavy atom. The first-order valence-electron chi connectivity index (χ1n) is 7.61. The Morgan fingerprint density at radius 2 is 1.52 bits per heavy atom. The van der Waals surface area contributed by atoms with Crippen molar-refractivity contribution >= 4 is 14.0 Å². The van der Waals surface area contributed by atoms with Crippen molar-refractivity contribution in [2.24, 2.45) is 0 Å². The van der Waals surface area contributed by atoms with Gasteiger partial charge in [-0.1, -0.05) is 47.5 Å². The molecule has 0 bridgehead atoms. The third kappa shape index (κ3) is 5.13. The van der Waals surface area contributed by atoms with E-state index in [1.165, 1.54) is 0 Å². The average molecular weight is 314 g/mol. The lowest BCUT2D eigenvalue weighted by molar-refractivity contribution is -0.138. The molecule has 3 N–H and O–H groups in total. The Morgan fingerprint density at radius 3 is 1.81 bits per heavy atom. The van der Waals surface area contributed by atoms with Crippen molar-refractivity contribution in [3.8, 4) is 11.5 Å². The van der Waals surface area contributed by atoms with Crippen molar-refractivity contribution in [2.75, 3.05) is 6.61 Å². The first kappa shape index (κ1) is 20.2. The molecule has 5 heteroatoms. The summed E-state index contributed by atoms with van der Waals surface area (Å²) in [6, 6.07) is 0. The largest absolute Gasteiger partial charge is 0.481 e. The summed E-state index contributed by atoms with van der Waals surface area (Å²) >= 11 is 0. The smallest absolute Gasteiger partial charge is 0.303 e. The van der Waals surface area contributed by atoms with E-state index in [-0.39, 0.29) is 12.8 Å². The Kier molecular flexibility index (Phi) is 7.66. The third-order valence-corrected chi connectivity index (χ3v) is 10.7. The van der Waals surface area contributed by atoms with Crippen molar-refractivity contribution in [3.05, 3.63) is 0 Å². The second-order valence-electron chi connectivity index (χ2n) is 6.73. The number of carbonyl (C=O) groups is 1. The minimum Gasteiger partial charge on any atom is -0.481 e. The summed E-state index contributed by atoms with van der Waals surface area (Å²) in [6.07, 6.45) is -0.254. The number of hydrogen-bond donors (Lipinski definition) is 3. The molecule has 0 aromatic carbocycles. The zero-order valence-electron chi connectivity index (χ0n) is 14.1. The molecule has 0 fully saturated rings. The van der Waals surface area contributed by atoms with E-state index >= 15 is 0 Å². The van der Waals surface area contributed by atoms with E-state index in [2.05, 4.69) is 53.0 Å². The van der Waals surface area contributed by atoms with E-state index in [0.717, 1.165) is 0 Å². The van der Waals surface area contributed by atoms with Gasteiger partial charge >= 0.3 is 5.97 Å². The van der Waals surface area contributed by atoms with Crippen LogP contribution >= 0.6 is 0 Å². The van der Waals surface area contributed by atoms with Crippen LogP contribution in [0.15, 0.2) is 0 Å². The van der Waals surface area contributed by atoms with E-state index in [0.29, 0.717) is 16.6 Å². The minimum atomic E-state index is -1.99. The Balaban J connectivity index is 5.56. The summed E-state index contributed by atoms with van der Waals surface area (Å²) in [5.41, 5.74) is 2.99. The van der Waals surface area contributed by atoms with Crippen LogP contribution in [0.25, 0.3) is 0 Å². The van der Waals surface area contributed by atoms with Gasteiger partial charge in [-0.3, -0.25) is 4.79 Å².